The van der Waals surface area contributed by atoms with Crippen LogP contribution in [0.5, 0.6) is 0 Å². The predicted molar refractivity (Wildman–Crippen MR) is 52.7 cm³/mol. The van der Waals surface area contributed by atoms with Crippen LogP contribution < -0.4 is 0 Å². The average Bonchev–Trinajstić information content (AvgIpc) is 1.97. The van der Waals surface area contributed by atoms with Gasteiger partial charge in [-0.2, -0.15) is 0 Å². The lowest BCUT2D eigenvalue weighted by atomic mass is 10.1. The van der Waals surface area contributed by atoms with Crippen molar-refractivity contribution in [2.75, 3.05) is 0 Å². The van der Waals surface area contributed by atoms with Crippen molar-refractivity contribution >= 4 is 0 Å². The van der Waals surface area contributed by atoms with Gasteiger partial charge < -0.3 is 0 Å². The second-order valence-corrected chi connectivity index (χ2v) is 3.17. The monoisotopic (exact) mass is 152 g/mol. The molecule has 0 amide bonds. The molecule has 0 N–H and O–H groups in total. The Labute approximate surface area is 71.0 Å². The Balaban J connectivity index is 4.00. The first-order valence-electron chi connectivity index (χ1n) is 4.53. The lowest BCUT2D eigenvalue weighted by Crippen LogP contribution is -1.78. The molecule has 0 aliphatic rings. The average molecular weight is 152 g/mol. The molecule has 0 spiro atoms. The molecular weight excluding hydrogens is 132 g/mol. The first kappa shape index (κ1) is 10.5. The van der Waals surface area contributed by atoms with Gasteiger partial charge in [-0.3, -0.25) is 0 Å². The smallest absolute Gasteiger partial charge is 0.0320 e. The molecule has 0 saturated carbocycles. The van der Waals surface area contributed by atoms with E-state index in [-0.39, 0.29) is 0 Å². The number of hydrogen-bond donors (Lipinski definition) is 0. The highest BCUT2D eigenvalue weighted by Crippen LogP contribution is 2.09. The van der Waals surface area contributed by atoms with E-state index in [4.69, 9.17) is 0 Å². The van der Waals surface area contributed by atoms with E-state index in [1.807, 2.05) is 0 Å². The molecule has 0 aliphatic carbocycles. The van der Waals surface area contributed by atoms with Crippen molar-refractivity contribution in [3.63, 3.8) is 0 Å². The quantitative estimate of drug-likeness (QED) is 0.532. The van der Waals surface area contributed by atoms with Crippen molar-refractivity contribution in [1.82, 2.24) is 0 Å². The Kier molecular flexibility index (Phi) is 5.91. The molecule has 0 fully saturated rings. The van der Waals surface area contributed by atoms with Gasteiger partial charge in [-0.15, -0.1) is 0 Å². The van der Waals surface area contributed by atoms with E-state index in [2.05, 4.69) is 39.8 Å². The number of allylic oxidation sites excluding steroid dienone is 4. The van der Waals surface area contributed by atoms with Gasteiger partial charge in [0.25, 0.3) is 0 Å². The Morgan fingerprint density at radius 1 is 1.09 bits per heavy atom. The summed E-state index contributed by atoms with van der Waals surface area (Å²) in [6.45, 7) is 8.72. The van der Waals surface area contributed by atoms with Gasteiger partial charge in [-0.1, -0.05) is 43.6 Å². The fourth-order valence-electron chi connectivity index (χ4n) is 0.984. The van der Waals surface area contributed by atoms with Gasteiger partial charge in [0.05, 0.1) is 0 Å². The summed E-state index contributed by atoms with van der Waals surface area (Å²) in [6, 6.07) is 0. The third-order valence-corrected chi connectivity index (χ3v) is 1.68. The first-order valence-corrected chi connectivity index (χ1v) is 4.53. The molecule has 64 valence electrons. The summed E-state index contributed by atoms with van der Waals surface area (Å²) in [5.41, 5.74) is 2.95. The molecule has 0 bridgehead atoms. The summed E-state index contributed by atoms with van der Waals surface area (Å²) in [5, 5.41) is 0. The zero-order valence-electron chi connectivity index (χ0n) is 8.28. The minimum absolute atomic E-state index is 1.19. The van der Waals surface area contributed by atoms with Crippen LogP contribution in [0, 0.1) is 0 Å². The summed E-state index contributed by atoms with van der Waals surface area (Å²) in [4.78, 5) is 0. The Hall–Kier alpha value is -0.520. The van der Waals surface area contributed by atoms with E-state index >= 15 is 0 Å². The molecule has 0 aromatic heterocycles. The summed E-state index contributed by atoms with van der Waals surface area (Å²) in [6.07, 6.45) is 8.17. The molecule has 0 saturated heterocycles. The van der Waals surface area contributed by atoms with Crippen molar-refractivity contribution in [3.05, 3.63) is 23.3 Å². The third kappa shape index (κ3) is 5.90. The van der Waals surface area contributed by atoms with Gasteiger partial charge in [-0.25, -0.2) is 0 Å². The van der Waals surface area contributed by atoms with Crippen LogP contribution in [-0.4, -0.2) is 0 Å². The Morgan fingerprint density at radius 2 is 1.73 bits per heavy atom. The molecule has 0 aromatic carbocycles. The van der Waals surface area contributed by atoms with E-state index in [1.165, 1.54) is 24.8 Å². The predicted octanol–water partition coefficient (Wildman–Crippen LogP) is 4.09. The highest BCUT2D eigenvalue weighted by Gasteiger charge is 1.89. The van der Waals surface area contributed by atoms with Crippen LogP contribution in [0.3, 0.4) is 0 Å². The zero-order valence-corrected chi connectivity index (χ0v) is 8.28. The van der Waals surface area contributed by atoms with Gasteiger partial charge in [-0.05, 0) is 26.7 Å². The minimum Gasteiger partial charge on any atom is -0.0764 e. The SMILES string of the molecule is CCC/C(=C\C=C(C)C)CC. The maximum absolute atomic E-state index is 2.26. The van der Waals surface area contributed by atoms with Crippen molar-refractivity contribution in [3.8, 4) is 0 Å². The normalized spacial score (nSPS) is 11.5. The van der Waals surface area contributed by atoms with Gasteiger partial charge in [0, 0.05) is 0 Å². The maximum atomic E-state index is 2.26. The summed E-state index contributed by atoms with van der Waals surface area (Å²) < 4.78 is 0. The first-order chi connectivity index (χ1) is 5.20. The van der Waals surface area contributed by atoms with Crippen LogP contribution in [-0.2, 0) is 0 Å². The largest absolute Gasteiger partial charge is 0.0764 e. The van der Waals surface area contributed by atoms with Crippen LogP contribution in [0.25, 0.3) is 0 Å². The second kappa shape index (κ2) is 6.21. The molecule has 0 unspecified atom stereocenters. The summed E-state index contributed by atoms with van der Waals surface area (Å²) in [7, 11) is 0. The van der Waals surface area contributed by atoms with Crippen LogP contribution in [0.2, 0.25) is 0 Å². The summed E-state index contributed by atoms with van der Waals surface area (Å²) >= 11 is 0. The van der Waals surface area contributed by atoms with E-state index in [9.17, 15) is 0 Å². The second-order valence-electron chi connectivity index (χ2n) is 3.17. The topological polar surface area (TPSA) is 0 Å². The fraction of sp³-hybridized carbons (Fsp3) is 0.636. The highest BCUT2D eigenvalue weighted by atomic mass is 14.0. The van der Waals surface area contributed by atoms with Crippen LogP contribution in [0.1, 0.15) is 47.0 Å². The van der Waals surface area contributed by atoms with Crippen molar-refractivity contribution in [2.45, 2.75) is 47.0 Å². The molecule has 0 nitrogen and oxygen atoms in total. The van der Waals surface area contributed by atoms with Crippen molar-refractivity contribution in [2.24, 2.45) is 0 Å². The van der Waals surface area contributed by atoms with Gasteiger partial charge in [0.2, 0.25) is 0 Å². The van der Waals surface area contributed by atoms with Gasteiger partial charge in [0.15, 0.2) is 0 Å². The van der Waals surface area contributed by atoms with Crippen LogP contribution in [0.15, 0.2) is 23.3 Å². The fourth-order valence-corrected chi connectivity index (χ4v) is 0.984. The standard InChI is InChI=1S/C11H20/c1-5-7-11(6-2)9-8-10(3)4/h8-9H,5-7H2,1-4H3/b11-9-. The molecule has 0 atom stereocenters. The molecule has 0 heterocycles. The summed E-state index contributed by atoms with van der Waals surface area (Å²) in [5.74, 6) is 0. The van der Waals surface area contributed by atoms with Crippen molar-refractivity contribution < 1.29 is 0 Å². The Morgan fingerprint density at radius 3 is 2.09 bits per heavy atom. The molecule has 11 heavy (non-hydrogen) atoms. The molecule has 0 aromatic rings. The molecular formula is C11H20. The third-order valence-electron chi connectivity index (χ3n) is 1.68. The van der Waals surface area contributed by atoms with Crippen LogP contribution in [0.4, 0.5) is 0 Å². The molecule has 0 aliphatic heterocycles. The molecule has 0 radical (unpaired) electrons. The van der Waals surface area contributed by atoms with E-state index in [1.54, 1.807) is 5.57 Å². The van der Waals surface area contributed by atoms with E-state index in [0.717, 1.165) is 0 Å². The zero-order chi connectivity index (χ0) is 8.69. The van der Waals surface area contributed by atoms with Gasteiger partial charge >= 0.3 is 0 Å². The molecule has 0 heteroatoms. The van der Waals surface area contributed by atoms with E-state index in [0.29, 0.717) is 0 Å². The number of hydrogen-bond acceptors (Lipinski definition) is 0. The highest BCUT2D eigenvalue weighted by molar-refractivity contribution is 5.15. The van der Waals surface area contributed by atoms with Crippen LogP contribution >= 0.6 is 0 Å². The minimum atomic E-state index is 1.19. The Bertz CT molecular complexity index is 145. The van der Waals surface area contributed by atoms with Gasteiger partial charge in [0.1, 0.15) is 0 Å². The lowest BCUT2D eigenvalue weighted by Gasteiger charge is -1.99. The van der Waals surface area contributed by atoms with Crippen molar-refractivity contribution in [1.29, 1.82) is 0 Å². The van der Waals surface area contributed by atoms with E-state index < -0.39 is 0 Å². The molecule has 0 rings (SSSR count). The maximum Gasteiger partial charge on any atom is -0.0320 e. The number of rotatable bonds is 4. The lowest BCUT2D eigenvalue weighted by molar-refractivity contribution is 0.858.